The molecule has 0 saturated carbocycles. The second-order valence-electron chi connectivity index (χ2n) is 6.91. The average molecular weight is 350 g/mol. The molecule has 4 nitrogen and oxygen atoms in total. The van der Waals surface area contributed by atoms with Gasteiger partial charge in [-0.15, -0.1) is 0 Å². The summed E-state index contributed by atoms with van der Waals surface area (Å²) in [5.41, 5.74) is 1.26. The highest BCUT2D eigenvalue weighted by atomic mass is 16.6. The highest BCUT2D eigenvalue weighted by Crippen LogP contribution is 2.31. The molecule has 0 bridgehead atoms. The minimum absolute atomic E-state index is 0.120. The van der Waals surface area contributed by atoms with Crippen LogP contribution in [0.15, 0.2) is 60.7 Å². The number of piperazine rings is 1. The highest BCUT2D eigenvalue weighted by Gasteiger charge is 2.25. The largest absolute Gasteiger partial charge is 0.486 e. The van der Waals surface area contributed by atoms with E-state index in [-0.39, 0.29) is 6.10 Å². The van der Waals surface area contributed by atoms with Crippen molar-refractivity contribution in [2.24, 2.45) is 0 Å². The first kappa shape index (κ1) is 17.1. The standard InChI is InChI=1S/C22H26N2O2/c1-2-7-19(8-3-1)9-6-12-23-13-15-24(16-14-23)17-20-18-25-21-10-4-5-11-22(21)26-20/h1-11,20H,12-18H2/b9-6+. The maximum absolute atomic E-state index is 6.08. The van der Waals surface area contributed by atoms with Crippen LogP contribution < -0.4 is 9.47 Å². The molecule has 2 aromatic carbocycles. The molecule has 0 aliphatic carbocycles. The minimum Gasteiger partial charge on any atom is -0.486 e. The molecule has 4 rings (SSSR count). The van der Waals surface area contributed by atoms with Gasteiger partial charge in [-0.05, 0) is 17.7 Å². The zero-order chi connectivity index (χ0) is 17.6. The summed E-state index contributed by atoms with van der Waals surface area (Å²) in [5, 5.41) is 0. The third-order valence-corrected chi connectivity index (χ3v) is 4.97. The summed E-state index contributed by atoms with van der Waals surface area (Å²) < 4.78 is 11.9. The molecule has 2 aromatic rings. The third-order valence-electron chi connectivity index (χ3n) is 4.97. The number of hydrogen-bond donors (Lipinski definition) is 0. The quantitative estimate of drug-likeness (QED) is 0.827. The minimum atomic E-state index is 0.120. The Bertz CT molecular complexity index is 724. The average Bonchev–Trinajstić information content (AvgIpc) is 2.70. The van der Waals surface area contributed by atoms with Gasteiger partial charge >= 0.3 is 0 Å². The van der Waals surface area contributed by atoms with Gasteiger partial charge in [-0.3, -0.25) is 9.80 Å². The molecule has 2 aliphatic rings. The SMILES string of the molecule is C(=C\c1ccccc1)/CN1CCN(CC2COc3ccccc3O2)CC1. The topological polar surface area (TPSA) is 24.9 Å². The van der Waals surface area contributed by atoms with Crippen LogP contribution in [0, 0.1) is 0 Å². The Balaban J connectivity index is 1.20. The smallest absolute Gasteiger partial charge is 0.161 e. The number of hydrogen-bond acceptors (Lipinski definition) is 4. The monoisotopic (exact) mass is 350 g/mol. The van der Waals surface area contributed by atoms with Gasteiger partial charge in [-0.25, -0.2) is 0 Å². The number of ether oxygens (including phenoxy) is 2. The van der Waals surface area contributed by atoms with Crippen LogP contribution in [0.5, 0.6) is 11.5 Å². The van der Waals surface area contributed by atoms with E-state index in [0.717, 1.165) is 50.8 Å². The van der Waals surface area contributed by atoms with E-state index in [0.29, 0.717) is 6.61 Å². The Morgan fingerprint density at radius 3 is 2.35 bits per heavy atom. The van der Waals surface area contributed by atoms with Gasteiger partial charge in [0.2, 0.25) is 0 Å². The molecule has 0 aromatic heterocycles. The van der Waals surface area contributed by atoms with E-state index in [1.807, 2.05) is 24.3 Å². The molecular formula is C22H26N2O2. The molecule has 1 fully saturated rings. The van der Waals surface area contributed by atoms with E-state index in [4.69, 9.17) is 9.47 Å². The van der Waals surface area contributed by atoms with E-state index in [1.165, 1.54) is 5.56 Å². The predicted octanol–water partition coefficient (Wildman–Crippen LogP) is 3.16. The predicted molar refractivity (Wildman–Crippen MR) is 105 cm³/mol. The Morgan fingerprint density at radius 2 is 1.54 bits per heavy atom. The Hall–Kier alpha value is -2.30. The first-order chi connectivity index (χ1) is 12.9. The molecule has 1 saturated heterocycles. The Kier molecular flexibility index (Phi) is 5.53. The maximum Gasteiger partial charge on any atom is 0.161 e. The fourth-order valence-corrected chi connectivity index (χ4v) is 3.50. The van der Waals surface area contributed by atoms with E-state index in [9.17, 15) is 0 Å². The van der Waals surface area contributed by atoms with E-state index in [1.54, 1.807) is 0 Å². The van der Waals surface area contributed by atoms with Crippen molar-refractivity contribution in [3.05, 3.63) is 66.2 Å². The zero-order valence-electron chi connectivity index (χ0n) is 15.1. The fourth-order valence-electron chi connectivity index (χ4n) is 3.50. The molecule has 26 heavy (non-hydrogen) atoms. The van der Waals surface area contributed by atoms with Crippen molar-refractivity contribution >= 4 is 6.08 Å². The van der Waals surface area contributed by atoms with Crippen molar-refractivity contribution in [3.63, 3.8) is 0 Å². The summed E-state index contributed by atoms with van der Waals surface area (Å²) in [6.45, 7) is 6.95. The lowest BCUT2D eigenvalue weighted by Crippen LogP contribution is -2.50. The number of nitrogens with zero attached hydrogens (tertiary/aromatic N) is 2. The summed E-state index contributed by atoms with van der Waals surface area (Å²) in [7, 11) is 0. The van der Waals surface area contributed by atoms with E-state index >= 15 is 0 Å². The van der Waals surface area contributed by atoms with Crippen molar-refractivity contribution in [2.75, 3.05) is 45.9 Å². The van der Waals surface area contributed by atoms with Gasteiger partial charge in [0.15, 0.2) is 11.5 Å². The number of rotatable bonds is 5. The summed E-state index contributed by atoms with van der Waals surface area (Å²) in [6, 6.07) is 18.4. The van der Waals surface area contributed by atoms with Crippen molar-refractivity contribution in [2.45, 2.75) is 6.10 Å². The van der Waals surface area contributed by atoms with Gasteiger partial charge in [0.25, 0.3) is 0 Å². The van der Waals surface area contributed by atoms with Crippen LogP contribution in [0.3, 0.4) is 0 Å². The highest BCUT2D eigenvalue weighted by molar-refractivity contribution is 5.48. The van der Waals surface area contributed by atoms with Crippen LogP contribution >= 0.6 is 0 Å². The van der Waals surface area contributed by atoms with Crippen LogP contribution in [0.25, 0.3) is 6.08 Å². The van der Waals surface area contributed by atoms with Gasteiger partial charge in [-0.1, -0.05) is 54.6 Å². The normalized spacial score (nSPS) is 21.2. The molecule has 1 atom stereocenters. The van der Waals surface area contributed by atoms with Crippen molar-refractivity contribution in [3.8, 4) is 11.5 Å². The maximum atomic E-state index is 6.08. The zero-order valence-corrected chi connectivity index (χ0v) is 15.1. The summed E-state index contributed by atoms with van der Waals surface area (Å²) in [5.74, 6) is 1.73. The molecule has 4 heteroatoms. The summed E-state index contributed by atoms with van der Waals surface area (Å²) >= 11 is 0. The second-order valence-corrected chi connectivity index (χ2v) is 6.91. The lowest BCUT2D eigenvalue weighted by molar-refractivity contribution is 0.0421. The molecule has 2 heterocycles. The van der Waals surface area contributed by atoms with Crippen LogP contribution in [-0.4, -0.2) is 61.8 Å². The van der Waals surface area contributed by atoms with Gasteiger partial charge in [0.05, 0.1) is 0 Å². The third kappa shape index (κ3) is 4.45. The lowest BCUT2D eigenvalue weighted by Gasteiger charge is -2.37. The van der Waals surface area contributed by atoms with Crippen LogP contribution in [0.4, 0.5) is 0 Å². The Labute approximate surface area is 155 Å². The van der Waals surface area contributed by atoms with E-state index in [2.05, 4.69) is 52.3 Å². The fraction of sp³-hybridized carbons (Fsp3) is 0.364. The first-order valence-electron chi connectivity index (χ1n) is 9.41. The van der Waals surface area contributed by atoms with E-state index < -0.39 is 0 Å². The molecular weight excluding hydrogens is 324 g/mol. The van der Waals surface area contributed by atoms with Crippen LogP contribution in [0.2, 0.25) is 0 Å². The van der Waals surface area contributed by atoms with Crippen LogP contribution in [0.1, 0.15) is 5.56 Å². The van der Waals surface area contributed by atoms with Gasteiger partial charge in [0, 0.05) is 39.3 Å². The number of para-hydroxylation sites is 2. The van der Waals surface area contributed by atoms with Crippen molar-refractivity contribution in [1.82, 2.24) is 9.80 Å². The molecule has 0 spiro atoms. The van der Waals surface area contributed by atoms with Crippen molar-refractivity contribution < 1.29 is 9.47 Å². The number of fused-ring (bicyclic) bond motifs is 1. The van der Waals surface area contributed by atoms with Gasteiger partial charge in [0.1, 0.15) is 12.7 Å². The van der Waals surface area contributed by atoms with Gasteiger partial charge < -0.3 is 9.47 Å². The lowest BCUT2D eigenvalue weighted by atomic mass is 10.2. The molecule has 0 radical (unpaired) electrons. The number of benzene rings is 2. The first-order valence-corrected chi connectivity index (χ1v) is 9.41. The molecule has 2 aliphatic heterocycles. The van der Waals surface area contributed by atoms with Gasteiger partial charge in [-0.2, -0.15) is 0 Å². The molecule has 1 unspecified atom stereocenters. The second kappa shape index (κ2) is 8.39. The Morgan fingerprint density at radius 1 is 0.846 bits per heavy atom. The van der Waals surface area contributed by atoms with Crippen LogP contribution in [-0.2, 0) is 0 Å². The van der Waals surface area contributed by atoms with Crippen molar-refractivity contribution in [1.29, 1.82) is 0 Å². The molecule has 136 valence electrons. The summed E-state index contributed by atoms with van der Waals surface area (Å²) in [4.78, 5) is 4.99. The summed E-state index contributed by atoms with van der Waals surface area (Å²) in [6.07, 6.45) is 4.59. The molecule has 0 N–H and O–H groups in total. The molecule has 0 amide bonds.